The Morgan fingerprint density at radius 2 is 2.00 bits per heavy atom. The van der Waals surface area contributed by atoms with E-state index in [1.807, 2.05) is 0 Å². The van der Waals surface area contributed by atoms with E-state index in [-0.39, 0.29) is 42.0 Å². The number of carbonyl (C=O) groups is 5. The fraction of sp³-hybridized carbons (Fsp3) is 0.353. The number of anilines is 1. The van der Waals surface area contributed by atoms with Gasteiger partial charge in [-0.15, -0.1) is 0 Å². The third kappa shape index (κ3) is 3.08. The van der Waals surface area contributed by atoms with Crippen molar-refractivity contribution in [2.24, 2.45) is 5.73 Å². The van der Waals surface area contributed by atoms with Gasteiger partial charge in [0.15, 0.2) is 0 Å². The Morgan fingerprint density at radius 3 is 2.69 bits per heavy atom. The summed E-state index contributed by atoms with van der Waals surface area (Å²) in [5.74, 6) is -2.70. The quantitative estimate of drug-likeness (QED) is 0.621. The highest BCUT2D eigenvalue weighted by molar-refractivity contribution is 6.26. The lowest BCUT2D eigenvalue weighted by Crippen LogP contribution is -2.54. The summed E-state index contributed by atoms with van der Waals surface area (Å²) in [6, 6.07) is 3.51. The number of amides is 5. The van der Waals surface area contributed by atoms with Crippen LogP contribution in [-0.2, 0) is 14.4 Å². The normalized spacial score (nSPS) is 19.4. The summed E-state index contributed by atoms with van der Waals surface area (Å²) in [6.45, 7) is 0.362. The van der Waals surface area contributed by atoms with Gasteiger partial charge in [0.05, 0.1) is 16.8 Å². The van der Waals surface area contributed by atoms with Gasteiger partial charge >= 0.3 is 0 Å². The Kier molecular flexibility index (Phi) is 4.81. The van der Waals surface area contributed by atoms with Crippen LogP contribution in [0.25, 0.3) is 0 Å². The van der Waals surface area contributed by atoms with Gasteiger partial charge in [-0.2, -0.15) is 0 Å². The molecule has 2 heterocycles. The lowest BCUT2D eigenvalue weighted by atomic mass is 10.0. The molecule has 0 aromatic heterocycles. The number of rotatable bonds is 5. The molecule has 1 saturated heterocycles. The van der Waals surface area contributed by atoms with Crippen LogP contribution in [-0.4, -0.2) is 47.0 Å². The average molecular weight is 358 g/mol. The molecule has 0 bridgehead atoms. The molecule has 4 N–H and O–H groups in total. The Labute approximate surface area is 148 Å². The Balaban J connectivity index is 1.88. The largest absolute Gasteiger partial charge is 0.330 e. The van der Waals surface area contributed by atoms with Crippen LogP contribution in [0.4, 0.5) is 5.69 Å². The molecule has 1 aromatic carbocycles. The zero-order chi connectivity index (χ0) is 18.8. The molecule has 1 fully saturated rings. The SMILES string of the molecule is NCCCC(=O)Nc1cccc2c1C(=O)N(C1CCC(=O)NC1=O)C2=O. The first-order valence-electron chi connectivity index (χ1n) is 8.28. The molecule has 2 aliphatic rings. The second-order valence-electron chi connectivity index (χ2n) is 6.12. The van der Waals surface area contributed by atoms with E-state index in [0.717, 1.165) is 4.90 Å². The monoisotopic (exact) mass is 358 g/mol. The van der Waals surface area contributed by atoms with E-state index < -0.39 is 29.7 Å². The first-order chi connectivity index (χ1) is 12.4. The molecule has 1 atom stereocenters. The molecular formula is C17H18N4O5. The average Bonchev–Trinajstić information content (AvgIpc) is 2.85. The van der Waals surface area contributed by atoms with Crippen LogP contribution in [0.2, 0.25) is 0 Å². The minimum Gasteiger partial charge on any atom is -0.330 e. The van der Waals surface area contributed by atoms with Gasteiger partial charge in [-0.3, -0.25) is 34.2 Å². The van der Waals surface area contributed by atoms with Crippen molar-refractivity contribution in [3.63, 3.8) is 0 Å². The standard InChI is InChI=1S/C17H18N4O5/c18-8-2-5-12(22)19-10-4-1-3-9-14(10)17(26)21(16(9)25)11-6-7-13(23)20-15(11)24/h1,3-4,11H,2,5-8,18H2,(H,19,22)(H,20,23,24). The summed E-state index contributed by atoms with van der Waals surface area (Å²) in [5, 5.41) is 4.76. The number of nitrogens with one attached hydrogen (secondary N) is 2. The van der Waals surface area contributed by atoms with Gasteiger partial charge < -0.3 is 11.1 Å². The number of hydrogen-bond donors (Lipinski definition) is 3. The van der Waals surface area contributed by atoms with Crippen molar-refractivity contribution < 1.29 is 24.0 Å². The minimum absolute atomic E-state index is 0.0481. The molecule has 0 radical (unpaired) electrons. The molecule has 0 saturated carbocycles. The number of nitrogens with zero attached hydrogens (tertiary/aromatic N) is 1. The van der Waals surface area contributed by atoms with Crippen LogP contribution in [0.1, 0.15) is 46.4 Å². The van der Waals surface area contributed by atoms with Crippen LogP contribution in [0.3, 0.4) is 0 Å². The summed E-state index contributed by atoms with van der Waals surface area (Å²) in [5.41, 5.74) is 5.78. The van der Waals surface area contributed by atoms with E-state index in [9.17, 15) is 24.0 Å². The molecule has 3 rings (SSSR count). The van der Waals surface area contributed by atoms with Gasteiger partial charge in [-0.25, -0.2) is 0 Å². The second kappa shape index (κ2) is 7.04. The molecule has 26 heavy (non-hydrogen) atoms. The van der Waals surface area contributed by atoms with E-state index in [1.165, 1.54) is 12.1 Å². The predicted octanol–water partition coefficient (Wildman–Crippen LogP) is -0.235. The van der Waals surface area contributed by atoms with Gasteiger partial charge in [0.2, 0.25) is 17.7 Å². The number of benzene rings is 1. The molecule has 5 amide bonds. The fourth-order valence-electron chi connectivity index (χ4n) is 3.09. The van der Waals surface area contributed by atoms with Crippen molar-refractivity contribution in [1.82, 2.24) is 10.2 Å². The van der Waals surface area contributed by atoms with E-state index >= 15 is 0 Å². The van der Waals surface area contributed by atoms with Gasteiger partial charge in [0.1, 0.15) is 6.04 Å². The lowest BCUT2D eigenvalue weighted by molar-refractivity contribution is -0.136. The summed E-state index contributed by atoms with van der Waals surface area (Å²) in [7, 11) is 0. The van der Waals surface area contributed by atoms with E-state index in [2.05, 4.69) is 10.6 Å². The molecular weight excluding hydrogens is 340 g/mol. The maximum absolute atomic E-state index is 12.8. The molecule has 9 nitrogen and oxygen atoms in total. The molecule has 9 heteroatoms. The maximum Gasteiger partial charge on any atom is 0.264 e. The van der Waals surface area contributed by atoms with Crippen LogP contribution in [0.15, 0.2) is 18.2 Å². The number of carbonyl (C=O) groups excluding carboxylic acids is 5. The number of piperidine rings is 1. The fourth-order valence-corrected chi connectivity index (χ4v) is 3.09. The van der Waals surface area contributed by atoms with Gasteiger partial charge in [0, 0.05) is 12.8 Å². The zero-order valence-electron chi connectivity index (χ0n) is 13.9. The van der Waals surface area contributed by atoms with Crippen LogP contribution >= 0.6 is 0 Å². The third-order valence-electron chi connectivity index (χ3n) is 4.35. The minimum atomic E-state index is -1.04. The predicted molar refractivity (Wildman–Crippen MR) is 90.0 cm³/mol. The van der Waals surface area contributed by atoms with E-state index in [4.69, 9.17) is 5.73 Å². The Hall–Kier alpha value is -3.07. The van der Waals surface area contributed by atoms with Crippen molar-refractivity contribution in [3.8, 4) is 0 Å². The highest BCUT2D eigenvalue weighted by Crippen LogP contribution is 2.32. The van der Waals surface area contributed by atoms with Crippen LogP contribution in [0, 0.1) is 0 Å². The highest BCUT2D eigenvalue weighted by atomic mass is 16.2. The Bertz CT molecular complexity index is 819. The first-order valence-corrected chi connectivity index (χ1v) is 8.28. The number of fused-ring (bicyclic) bond motifs is 1. The molecule has 1 aromatic rings. The molecule has 2 aliphatic heterocycles. The van der Waals surface area contributed by atoms with Gasteiger partial charge in [-0.1, -0.05) is 6.07 Å². The van der Waals surface area contributed by atoms with Gasteiger partial charge in [0.25, 0.3) is 11.8 Å². The molecule has 0 spiro atoms. The van der Waals surface area contributed by atoms with E-state index in [0.29, 0.717) is 13.0 Å². The smallest absolute Gasteiger partial charge is 0.264 e. The number of hydrogen-bond acceptors (Lipinski definition) is 6. The molecule has 1 unspecified atom stereocenters. The van der Waals surface area contributed by atoms with Crippen LogP contribution < -0.4 is 16.4 Å². The van der Waals surface area contributed by atoms with Gasteiger partial charge in [-0.05, 0) is 31.5 Å². The Morgan fingerprint density at radius 1 is 1.23 bits per heavy atom. The topological polar surface area (TPSA) is 139 Å². The third-order valence-corrected chi connectivity index (χ3v) is 4.35. The first kappa shape index (κ1) is 17.7. The van der Waals surface area contributed by atoms with Crippen LogP contribution in [0.5, 0.6) is 0 Å². The number of nitrogens with two attached hydrogens (primary N) is 1. The molecule has 0 aliphatic carbocycles. The summed E-state index contributed by atoms with van der Waals surface area (Å²) >= 11 is 0. The highest BCUT2D eigenvalue weighted by Gasteiger charge is 2.45. The zero-order valence-corrected chi connectivity index (χ0v) is 13.9. The van der Waals surface area contributed by atoms with E-state index in [1.54, 1.807) is 6.07 Å². The summed E-state index contributed by atoms with van der Waals surface area (Å²) in [6.07, 6.45) is 0.816. The molecule has 136 valence electrons. The van der Waals surface area contributed by atoms with Crippen molar-refractivity contribution in [2.75, 3.05) is 11.9 Å². The lowest BCUT2D eigenvalue weighted by Gasteiger charge is -2.27. The van der Waals surface area contributed by atoms with Crippen molar-refractivity contribution in [1.29, 1.82) is 0 Å². The van der Waals surface area contributed by atoms with Crippen molar-refractivity contribution >= 4 is 35.2 Å². The summed E-state index contributed by atoms with van der Waals surface area (Å²) < 4.78 is 0. The maximum atomic E-state index is 12.8. The van der Waals surface area contributed by atoms with Crippen molar-refractivity contribution in [2.45, 2.75) is 31.7 Å². The number of imide groups is 2. The second-order valence-corrected chi connectivity index (χ2v) is 6.12. The summed E-state index contributed by atoms with van der Waals surface area (Å²) in [4.78, 5) is 61.6. The van der Waals surface area contributed by atoms with Crippen molar-refractivity contribution in [3.05, 3.63) is 29.3 Å².